The van der Waals surface area contributed by atoms with Gasteiger partial charge < -0.3 is 29.7 Å². The predicted molar refractivity (Wildman–Crippen MR) is 191 cm³/mol. The Morgan fingerprint density at radius 2 is 1.90 bits per heavy atom. The number of amides is 3. The zero-order valence-electron chi connectivity index (χ0n) is 28.9. The molecule has 10 nitrogen and oxygen atoms in total. The normalized spacial score (nSPS) is 24.7. The first kappa shape index (κ1) is 37.3. The average molecular weight is 706 g/mol. The highest BCUT2D eigenvalue weighted by Gasteiger charge is 2.75. The molecule has 1 spiro atoms. The molecule has 0 aromatic heterocycles. The van der Waals surface area contributed by atoms with Gasteiger partial charge in [0.15, 0.2) is 0 Å². The van der Waals surface area contributed by atoms with Crippen molar-refractivity contribution in [3.05, 3.63) is 90.0 Å². The quantitative estimate of drug-likeness (QED) is 0.127. The molecule has 11 heteroatoms. The monoisotopic (exact) mass is 705 g/mol. The summed E-state index contributed by atoms with van der Waals surface area (Å²) in [5, 5.41) is 12.7. The number of halogens is 1. The van der Waals surface area contributed by atoms with Crippen LogP contribution in [-0.4, -0.2) is 77.2 Å². The van der Waals surface area contributed by atoms with Crippen molar-refractivity contribution in [2.75, 3.05) is 24.6 Å². The third-order valence-electron chi connectivity index (χ3n) is 10.2. The molecule has 2 aromatic rings. The van der Waals surface area contributed by atoms with Gasteiger partial charge in [-0.1, -0.05) is 66.2 Å². The van der Waals surface area contributed by atoms with E-state index in [4.69, 9.17) is 21.1 Å². The van der Waals surface area contributed by atoms with Crippen molar-refractivity contribution in [2.24, 2.45) is 11.8 Å². The Kier molecular flexibility index (Phi) is 12.2. The van der Waals surface area contributed by atoms with Gasteiger partial charge in [0, 0.05) is 26.1 Å². The molecule has 0 radical (unpaired) electrons. The van der Waals surface area contributed by atoms with Crippen LogP contribution in [-0.2, 0) is 28.7 Å². The Morgan fingerprint density at radius 3 is 2.58 bits per heavy atom. The fourth-order valence-electron chi connectivity index (χ4n) is 7.98. The number of esters is 1. The Balaban J connectivity index is 1.49. The second-order valence-electron chi connectivity index (χ2n) is 13.5. The van der Waals surface area contributed by atoms with Crippen LogP contribution in [0, 0.1) is 18.8 Å². The van der Waals surface area contributed by atoms with Gasteiger partial charge in [-0.05, 0) is 69.6 Å². The Labute approximate surface area is 299 Å². The fourth-order valence-corrected chi connectivity index (χ4v) is 8.31. The van der Waals surface area contributed by atoms with Crippen LogP contribution >= 0.6 is 11.6 Å². The van der Waals surface area contributed by atoms with E-state index in [0.717, 1.165) is 5.56 Å². The molecular formula is C39H48ClN3O7. The summed E-state index contributed by atoms with van der Waals surface area (Å²) in [7, 11) is 0. The third-order valence-corrected chi connectivity index (χ3v) is 10.5. The van der Waals surface area contributed by atoms with E-state index in [1.807, 2.05) is 49.4 Å². The summed E-state index contributed by atoms with van der Waals surface area (Å²) < 4.78 is 12.9. The number of carbonyl (C=O) groups is 4. The van der Waals surface area contributed by atoms with Crippen LogP contribution in [0.1, 0.15) is 69.1 Å². The molecule has 0 unspecified atom stereocenters. The number of benzene rings is 2. The summed E-state index contributed by atoms with van der Waals surface area (Å²) in [6, 6.07) is 13.0. The number of likely N-dealkylation sites (tertiary alicyclic amines) is 1. The number of ether oxygens (including phenoxy) is 2. The van der Waals surface area contributed by atoms with Gasteiger partial charge >= 0.3 is 5.97 Å². The van der Waals surface area contributed by atoms with Crippen LogP contribution in [0.25, 0.3) is 0 Å². The highest BCUT2D eigenvalue weighted by Crippen LogP contribution is 2.59. The van der Waals surface area contributed by atoms with Crippen LogP contribution in [0.5, 0.6) is 0 Å². The number of para-hydroxylation sites is 1. The summed E-state index contributed by atoms with van der Waals surface area (Å²) in [6.07, 6.45) is 5.27. The lowest BCUT2D eigenvalue weighted by Gasteiger charge is -2.37. The molecule has 0 aliphatic carbocycles. The number of allylic oxidation sites excluding steroid dienone is 1. The molecule has 3 amide bonds. The SMILES string of the molecule is C=CCCC(=O)N[C@H](C)[C@@H](OC(=O)[C@@H]1[C@H]2C(=O)N(CCCCCO)[C@H](C(=O)N(CC=C)c3c(C)cccc3Cl)[C@]23CC[C@H]1O3)c1ccccc1. The lowest BCUT2D eigenvalue weighted by Crippen LogP contribution is -2.56. The number of hydrogen-bond acceptors (Lipinski definition) is 7. The second-order valence-corrected chi connectivity index (χ2v) is 13.9. The zero-order valence-corrected chi connectivity index (χ0v) is 29.6. The molecule has 3 saturated heterocycles. The van der Waals surface area contributed by atoms with Gasteiger partial charge in [-0.3, -0.25) is 19.2 Å². The summed E-state index contributed by atoms with van der Waals surface area (Å²) in [6.45, 7) is 11.6. The lowest BCUT2D eigenvalue weighted by atomic mass is 9.70. The van der Waals surface area contributed by atoms with Gasteiger partial charge in [0.05, 0.1) is 34.7 Å². The number of hydrogen-bond donors (Lipinski definition) is 2. The van der Waals surface area contributed by atoms with E-state index in [9.17, 15) is 24.3 Å². The van der Waals surface area contributed by atoms with Crippen molar-refractivity contribution < 1.29 is 33.8 Å². The van der Waals surface area contributed by atoms with E-state index in [0.29, 0.717) is 54.8 Å². The minimum atomic E-state index is -1.25. The smallest absolute Gasteiger partial charge is 0.313 e. The molecule has 3 aliphatic rings. The van der Waals surface area contributed by atoms with Gasteiger partial charge in [-0.15, -0.1) is 13.2 Å². The molecule has 7 atom stereocenters. The number of fused-ring (bicyclic) bond motifs is 1. The summed E-state index contributed by atoms with van der Waals surface area (Å²) in [5.41, 5.74) is 0.768. The van der Waals surface area contributed by atoms with Crippen LogP contribution in [0.3, 0.4) is 0 Å². The van der Waals surface area contributed by atoms with Gasteiger partial charge in [-0.2, -0.15) is 0 Å². The van der Waals surface area contributed by atoms with Crippen LogP contribution in [0.15, 0.2) is 73.8 Å². The molecule has 50 heavy (non-hydrogen) atoms. The first-order valence-electron chi connectivity index (χ1n) is 17.5. The number of anilines is 1. The van der Waals surface area contributed by atoms with Crippen molar-refractivity contribution in [1.29, 1.82) is 0 Å². The highest BCUT2D eigenvalue weighted by atomic mass is 35.5. The van der Waals surface area contributed by atoms with E-state index in [1.165, 1.54) is 0 Å². The first-order chi connectivity index (χ1) is 24.1. The Bertz CT molecular complexity index is 1560. The third kappa shape index (κ3) is 7.24. The summed E-state index contributed by atoms with van der Waals surface area (Å²) in [4.78, 5) is 59.6. The number of aliphatic hydroxyl groups excluding tert-OH is 1. The molecule has 5 rings (SSSR count). The topological polar surface area (TPSA) is 125 Å². The maximum Gasteiger partial charge on any atom is 0.313 e. The molecule has 3 aliphatic heterocycles. The number of nitrogens with one attached hydrogen (secondary N) is 1. The molecule has 3 heterocycles. The van der Waals surface area contributed by atoms with Crippen LogP contribution in [0.2, 0.25) is 5.02 Å². The van der Waals surface area contributed by atoms with E-state index < -0.39 is 47.7 Å². The molecule has 3 fully saturated rings. The first-order valence-corrected chi connectivity index (χ1v) is 17.9. The van der Waals surface area contributed by atoms with Crippen molar-refractivity contribution in [3.8, 4) is 0 Å². The van der Waals surface area contributed by atoms with Gasteiger partial charge in [0.25, 0.3) is 5.91 Å². The highest BCUT2D eigenvalue weighted by molar-refractivity contribution is 6.34. The fraction of sp³-hybridized carbons (Fsp3) is 0.487. The Morgan fingerprint density at radius 1 is 1.14 bits per heavy atom. The molecule has 2 bridgehead atoms. The molecule has 0 saturated carbocycles. The van der Waals surface area contributed by atoms with Crippen molar-refractivity contribution >= 4 is 41.0 Å². The lowest BCUT2D eigenvalue weighted by molar-refractivity contribution is -0.162. The van der Waals surface area contributed by atoms with Crippen molar-refractivity contribution in [3.63, 3.8) is 0 Å². The Hall–Kier alpha value is -3.99. The minimum Gasteiger partial charge on any atom is -0.455 e. The molecule has 2 N–H and O–H groups in total. The average Bonchev–Trinajstić information content (AvgIpc) is 3.75. The van der Waals surface area contributed by atoms with E-state index in [1.54, 1.807) is 34.9 Å². The number of nitrogens with zero attached hydrogens (tertiary/aromatic N) is 2. The number of aryl methyl sites for hydroxylation is 1. The van der Waals surface area contributed by atoms with Crippen LogP contribution < -0.4 is 10.2 Å². The minimum absolute atomic E-state index is 0.0240. The number of carbonyl (C=O) groups excluding carboxylic acids is 4. The van der Waals surface area contributed by atoms with Gasteiger partial charge in [0.2, 0.25) is 11.8 Å². The van der Waals surface area contributed by atoms with Crippen molar-refractivity contribution in [2.45, 2.75) is 88.7 Å². The van der Waals surface area contributed by atoms with E-state index in [2.05, 4.69) is 18.5 Å². The molecular weight excluding hydrogens is 658 g/mol. The summed E-state index contributed by atoms with van der Waals surface area (Å²) in [5.74, 6) is -3.36. The standard InChI is InChI=1S/C39H48ClN3O7/c1-5-7-19-30(45)41-26(4)34(27-16-10-8-11-17-27)49-38(48)31-29-20-21-39(50-29)32(31)36(46)43(23-12-9-13-24-44)35(39)37(47)42(22-6-2)33-25(3)15-14-18-28(33)40/h5-6,8,10-11,14-18,26,29,31-32,34-35,44H,1-2,7,9,12-13,19-24H2,3-4H3,(H,41,45)/t26-,29-,31+,32+,34-,35-,39+/m1/s1. The molecule has 2 aromatic carbocycles. The van der Waals surface area contributed by atoms with E-state index >= 15 is 0 Å². The van der Waals surface area contributed by atoms with Crippen molar-refractivity contribution in [1.82, 2.24) is 10.2 Å². The maximum absolute atomic E-state index is 14.9. The van der Waals surface area contributed by atoms with Gasteiger partial charge in [0.1, 0.15) is 17.7 Å². The number of unbranched alkanes of at least 4 members (excludes halogenated alkanes) is 2. The number of aliphatic hydroxyl groups is 1. The zero-order chi connectivity index (χ0) is 36.0. The predicted octanol–water partition coefficient (Wildman–Crippen LogP) is 5.46. The number of rotatable bonds is 17. The van der Waals surface area contributed by atoms with Gasteiger partial charge in [-0.25, -0.2) is 0 Å². The molecule has 268 valence electrons. The maximum atomic E-state index is 14.9. The van der Waals surface area contributed by atoms with E-state index in [-0.39, 0.29) is 43.8 Å². The second kappa shape index (κ2) is 16.4. The largest absolute Gasteiger partial charge is 0.455 e. The summed E-state index contributed by atoms with van der Waals surface area (Å²) >= 11 is 6.67. The van der Waals surface area contributed by atoms with Crippen LogP contribution in [0.4, 0.5) is 5.69 Å².